The number of likely N-dealkylation sites (N-methyl/N-ethyl adjacent to an activating group) is 1. The van der Waals surface area contributed by atoms with Gasteiger partial charge in [-0.1, -0.05) is 6.92 Å². The smallest absolute Gasteiger partial charge is 0.261 e. The Bertz CT molecular complexity index is 1790. The average Bonchev–Trinajstić information content (AvgIpc) is 3.06. The predicted molar refractivity (Wildman–Crippen MR) is 180 cm³/mol. The van der Waals surface area contributed by atoms with Crippen molar-refractivity contribution in [1.29, 1.82) is 0 Å². The van der Waals surface area contributed by atoms with Crippen LogP contribution in [-0.2, 0) is 24.8 Å². The summed E-state index contributed by atoms with van der Waals surface area (Å²) in [7, 11) is -6.73. The summed E-state index contributed by atoms with van der Waals surface area (Å²) in [5.74, 6) is -1.94. The minimum Gasteiger partial charge on any atom is -0.490 e. The first kappa shape index (κ1) is 38.2. The summed E-state index contributed by atoms with van der Waals surface area (Å²) >= 11 is 0. The van der Waals surface area contributed by atoms with Gasteiger partial charge < -0.3 is 19.5 Å². The molecule has 49 heavy (non-hydrogen) atoms. The van der Waals surface area contributed by atoms with Gasteiger partial charge >= 0.3 is 0 Å². The molecule has 1 aliphatic heterocycles. The van der Waals surface area contributed by atoms with Crippen LogP contribution in [0, 0.1) is 17.6 Å². The summed E-state index contributed by atoms with van der Waals surface area (Å²) in [5, 5.41) is 10.2. The van der Waals surface area contributed by atoms with E-state index in [1.165, 1.54) is 42.3 Å². The monoisotopic (exact) mass is 723 g/mol. The number of hydrogen-bond acceptors (Lipinski definition) is 8. The Morgan fingerprint density at radius 2 is 1.57 bits per heavy atom. The van der Waals surface area contributed by atoms with Gasteiger partial charge in [0.15, 0.2) is 0 Å². The average molecular weight is 724 g/mol. The Kier molecular flexibility index (Phi) is 12.8. The summed E-state index contributed by atoms with van der Waals surface area (Å²) < 4.78 is 95.8. The van der Waals surface area contributed by atoms with Gasteiger partial charge in [0.2, 0.25) is 10.0 Å². The number of rotatable bonds is 9. The SMILES string of the molecule is C[C@H]1CCCCO[C@@H](CN(C)S(=O)(=O)c2ccc(F)cc2)[C@@H](C)CN([C@@H](C)CO)C(=O)c2cc(NS(=O)(=O)c3ccc(F)cc3)ccc2O1. The molecule has 268 valence electrons. The number of aliphatic hydroxyl groups excluding tert-OH is 1. The molecule has 0 bridgehead atoms. The largest absolute Gasteiger partial charge is 0.490 e. The number of ether oxygens (including phenoxy) is 2. The second-order valence-corrected chi connectivity index (χ2v) is 16.0. The number of halogens is 2. The van der Waals surface area contributed by atoms with Crippen LogP contribution in [-0.4, -0.2) is 88.7 Å². The van der Waals surface area contributed by atoms with Gasteiger partial charge in [0.05, 0.1) is 40.2 Å². The molecule has 0 fully saturated rings. The van der Waals surface area contributed by atoms with Crippen LogP contribution in [0.5, 0.6) is 5.75 Å². The zero-order valence-electron chi connectivity index (χ0n) is 27.9. The molecule has 3 aromatic carbocycles. The molecule has 4 rings (SSSR count). The van der Waals surface area contributed by atoms with E-state index < -0.39 is 62.3 Å². The van der Waals surface area contributed by atoms with Gasteiger partial charge in [0, 0.05) is 38.3 Å². The van der Waals surface area contributed by atoms with Crippen molar-refractivity contribution in [2.45, 2.75) is 68.1 Å². The number of nitrogens with one attached hydrogen (secondary N) is 1. The van der Waals surface area contributed by atoms with Crippen LogP contribution in [0.3, 0.4) is 0 Å². The molecular formula is C34H43F2N3O8S2. The van der Waals surface area contributed by atoms with Crippen LogP contribution in [0.4, 0.5) is 14.5 Å². The molecule has 0 spiro atoms. The van der Waals surface area contributed by atoms with Gasteiger partial charge in [-0.3, -0.25) is 9.52 Å². The molecule has 1 heterocycles. The van der Waals surface area contributed by atoms with Crippen molar-refractivity contribution in [2.24, 2.45) is 5.92 Å². The van der Waals surface area contributed by atoms with Crippen LogP contribution >= 0.6 is 0 Å². The highest BCUT2D eigenvalue weighted by Crippen LogP contribution is 2.30. The second kappa shape index (κ2) is 16.4. The molecule has 1 amide bonds. The van der Waals surface area contributed by atoms with Gasteiger partial charge in [0.25, 0.3) is 15.9 Å². The van der Waals surface area contributed by atoms with Crippen molar-refractivity contribution >= 4 is 31.6 Å². The van der Waals surface area contributed by atoms with Crippen LogP contribution in [0.15, 0.2) is 76.5 Å². The number of carbonyl (C=O) groups excluding carboxylic acids is 1. The molecule has 0 saturated carbocycles. The molecule has 0 saturated heterocycles. The number of aliphatic hydroxyl groups is 1. The third kappa shape index (κ3) is 9.75. The first-order valence-corrected chi connectivity index (χ1v) is 18.9. The third-order valence-electron chi connectivity index (χ3n) is 8.39. The Labute approximate surface area is 286 Å². The van der Waals surface area contributed by atoms with Crippen molar-refractivity contribution in [1.82, 2.24) is 9.21 Å². The number of nitrogens with zero attached hydrogens (tertiary/aromatic N) is 2. The lowest BCUT2D eigenvalue weighted by atomic mass is 10.0. The molecule has 4 atom stereocenters. The number of carbonyl (C=O) groups is 1. The van der Waals surface area contributed by atoms with E-state index in [0.29, 0.717) is 25.9 Å². The molecule has 0 aromatic heterocycles. The molecule has 2 N–H and O–H groups in total. The standard InChI is InChI=1S/C34H43F2N3O8S2/c1-23-20-39(24(2)22-40)34(41)31-19-28(37-48(42,43)29-13-8-26(35)9-14-29)12-17-32(31)47-25(3)7-5-6-18-46-33(23)21-38(4)49(44,45)30-15-10-27(36)11-16-30/h8-17,19,23-25,33,37,40H,5-7,18,20-22H2,1-4H3/t23-,24-,25-,33-/m0/s1. The van der Waals surface area contributed by atoms with Gasteiger partial charge in [-0.15, -0.1) is 0 Å². The Hall–Kier alpha value is -3.63. The van der Waals surface area contributed by atoms with Gasteiger partial charge in [-0.2, -0.15) is 4.31 Å². The van der Waals surface area contributed by atoms with Gasteiger partial charge in [-0.05, 0) is 99.8 Å². The van der Waals surface area contributed by atoms with Crippen molar-refractivity contribution < 1.29 is 45.0 Å². The van der Waals surface area contributed by atoms with Crippen LogP contribution in [0.1, 0.15) is 50.4 Å². The maximum absolute atomic E-state index is 14.3. The molecule has 0 aliphatic carbocycles. The lowest BCUT2D eigenvalue weighted by Crippen LogP contribution is -2.48. The van der Waals surface area contributed by atoms with Crippen LogP contribution in [0.2, 0.25) is 0 Å². The number of sulfonamides is 2. The van der Waals surface area contributed by atoms with Crippen LogP contribution in [0.25, 0.3) is 0 Å². The summed E-state index contributed by atoms with van der Waals surface area (Å²) in [6, 6.07) is 12.5. The van der Waals surface area contributed by atoms with Crippen LogP contribution < -0.4 is 9.46 Å². The van der Waals surface area contributed by atoms with E-state index >= 15 is 0 Å². The number of amides is 1. The quantitative estimate of drug-likeness (QED) is 0.318. The van der Waals surface area contributed by atoms with E-state index in [1.54, 1.807) is 6.92 Å². The van der Waals surface area contributed by atoms with Crippen molar-refractivity contribution in [3.8, 4) is 5.75 Å². The van der Waals surface area contributed by atoms with E-state index in [2.05, 4.69) is 4.72 Å². The molecule has 11 nitrogen and oxygen atoms in total. The highest BCUT2D eigenvalue weighted by atomic mass is 32.2. The summed E-state index contributed by atoms with van der Waals surface area (Å²) in [6.07, 6.45) is 0.954. The zero-order valence-corrected chi connectivity index (χ0v) is 29.5. The van der Waals surface area contributed by atoms with Gasteiger partial charge in [-0.25, -0.2) is 25.6 Å². The highest BCUT2D eigenvalue weighted by Gasteiger charge is 2.32. The minimum atomic E-state index is -4.14. The molecule has 0 unspecified atom stereocenters. The molecule has 15 heteroatoms. The lowest BCUT2D eigenvalue weighted by molar-refractivity contribution is -0.00834. The number of anilines is 1. The first-order valence-electron chi connectivity index (χ1n) is 16.0. The fourth-order valence-electron chi connectivity index (χ4n) is 5.41. The normalized spacial score (nSPS) is 20.6. The number of hydrogen-bond donors (Lipinski definition) is 2. The first-order chi connectivity index (χ1) is 23.1. The summed E-state index contributed by atoms with van der Waals surface area (Å²) in [5.41, 5.74) is 0.108. The zero-order chi connectivity index (χ0) is 35.9. The lowest BCUT2D eigenvalue weighted by Gasteiger charge is -2.35. The maximum atomic E-state index is 14.3. The highest BCUT2D eigenvalue weighted by molar-refractivity contribution is 7.92. The Morgan fingerprint density at radius 1 is 0.959 bits per heavy atom. The molecule has 0 radical (unpaired) electrons. The van der Waals surface area contributed by atoms with E-state index in [0.717, 1.165) is 40.7 Å². The topological polar surface area (TPSA) is 143 Å². The fourth-order valence-corrected chi connectivity index (χ4v) is 7.65. The van der Waals surface area contributed by atoms with E-state index in [-0.39, 0.29) is 46.0 Å². The Balaban J connectivity index is 1.67. The van der Waals surface area contributed by atoms with Gasteiger partial charge in [0.1, 0.15) is 17.4 Å². The predicted octanol–water partition coefficient (Wildman–Crippen LogP) is 4.88. The number of fused-ring (bicyclic) bond motifs is 1. The van der Waals surface area contributed by atoms with Crippen molar-refractivity contribution in [3.05, 3.63) is 83.9 Å². The number of benzene rings is 3. The minimum absolute atomic E-state index is 0.0379. The summed E-state index contributed by atoms with van der Waals surface area (Å²) in [6.45, 7) is 5.21. The molecule has 3 aromatic rings. The molecule has 1 aliphatic rings. The Morgan fingerprint density at radius 3 is 2.18 bits per heavy atom. The third-order valence-corrected chi connectivity index (χ3v) is 11.6. The fraction of sp³-hybridized carbons (Fsp3) is 0.441. The summed E-state index contributed by atoms with van der Waals surface area (Å²) in [4.78, 5) is 15.5. The van der Waals surface area contributed by atoms with Crippen molar-refractivity contribution in [2.75, 3.05) is 38.1 Å². The van der Waals surface area contributed by atoms with Crippen molar-refractivity contribution in [3.63, 3.8) is 0 Å². The van der Waals surface area contributed by atoms with E-state index in [9.17, 15) is 35.5 Å². The van der Waals surface area contributed by atoms with E-state index in [1.807, 2.05) is 13.8 Å². The molecular weight excluding hydrogens is 681 g/mol. The van der Waals surface area contributed by atoms with E-state index in [4.69, 9.17) is 9.47 Å². The maximum Gasteiger partial charge on any atom is 0.261 e. The second-order valence-electron chi connectivity index (χ2n) is 12.3.